The fourth-order valence-corrected chi connectivity index (χ4v) is 2.86. The fraction of sp³-hybridized carbons (Fsp3) is 0.400. The zero-order valence-corrected chi connectivity index (χ0v) is 15.4. The van der Waals surface area contributed by atoms with Gasteiger partial charge >= 0.3 is 0 Å². The highest BCUT2D eigenvalue weighted by Crippen LogP contribution is 2.34. The van der Waals surface area contributed by atoms with Crippen molar-refractivity contribution in [3.8, 4) is 11.5 Å². The summed E-state index contributed by atoms with van der Waals surface area (Å²) in [5, 5.41) is 4.21. The summed E-state index contributed by atoms with van der Waals surface area (Å²) in [4.78, 5) is 0. The van der Waals surface area contributed by atoms with E-state index in [1.54, 1.807) is 13.2 Å². The van der Waals surface area contributed by atoms with Gasteiger partial charge in [0.25, 0.3) is 0 Å². The van der Waals surface area contributed by atoms with Gasteiger partial charge in [0.15, 0.2) is 11.5 Å². The molecule has 0 radical (unpaired) electrons. The van der Waals surface area contributed by atoms with Gasteiger partial charge in [0.2, 0.25) is 0 Å². The quantitative estimate of drug-likeness (QED) is 0.702. The zero-order chi connectivity index (χ0) is 17.4. The molecule has 0 bridgehead atoms. The van der Waals surface area contributed by atoms with Crippen LogP contribution in [0.2, 0.25) is 5.02 Å². The van der Waals surface area contributed by atoms with E-state index in [4.69, 9.17) is 21.1 Å². The van der Waals surface area contributed by atoms with E-state index in [0.29, 0.717) is 30.0 Å². The standard InChI is InChI=1S/C20H26ClNO2/c1-4-24-20-17(12-18(21)13-19(20)23-3)14-22-15(2)10-11-16-8-6-5-7-9-16/h5-9,12-13,15,22H,4,10-11,14H2,1-3H3. The van der Waals surface area contributed by atoms with Crippen LogP contribution >= 0.6 is 11.6 Å². The largest absolute Gasteiger partial charge is 0.493 e. The lowest BCUT2D eigenvalue weighted by Crippen LogP contribution is -2.26. The average molecular weight is 348 g/mol. The van der Waals surface area contributed by atoms with Gasteiger partial charge in [-0.1, -0.05) is 41.9 Å². The first-order valence-electron chi connectivity index (χ1n) is 8.40. The van der Waals surface area contributed by atoms with E-state index in [9.17, 15) is 0 Å². The van der Waals surface area contributed by atoms with Gasteiger partial charge in [-0.3, -0.25) is 0 Å². The van der Waals surface area contributed by atoms with E-state index in [0.717, 1.165) is 24.2 Å². The molecule has 0 saturated carbocycles. The Hall–Kier alpha value is -1.71. The number of methoxy groups -OCH3 is 1. The molecule has 0 fully saturated rings. The molecular weight excluding hydrogens is 322 g/mol. The van der Waals surface area contributed by atoms with Crippen molar-refractivity contribution < 1.29 is 9.47 Å². The first-order chi connectivity index (χ1) is 11.6. The fourth-order valence-electron chi connectivity index (χ4n) is 2.63. The second kappa shape index (κ2) is 9.55. The van der Waals surface area contributed by atoms with Crippen LogP contribution in [0.5, 0.6) is 11.5 Å². The van der Waals surface area contributed by atoms with Crippen molar-refractivity contribution in [1.29, 1.82) is 0 Å². The molecule has 4 heteroatoms. The Labute approximate surface area is 149 Å². The molecule has 1 N–H and O–H groups in total. The van der Waals surface area contributed by atoms with Gasteiger partial charge in [-0.05, 0) is 38.3 Å². The third-order valence-electron chi connectivity index (χ3n) is 3.95. The number of ether oxygens (including phenoxy) is 2. The number of aryl methyl sites for hydroxylation is 1. The van der Waals surface area contributed by atoms with Crippen LogP contribution in [-0.4, -0.2) is 19.8 Å². The molecule has 0 aliphatic carbocycles. The summed E-state index contributed by atoms with van der Waals surface area (Å²) in [5.74, 6) is 1.45. The number of nitrogens with one attached hydrogen (secondary N) is 1. The van der Waals surface area contributed by atoms with Gasteiger partial charge in [0, 0.05) is 29.2 Å². The second-order valence-electron chi connectivity index (χ2n) is 5.84. The maximum atomic E-state index is 6.19. The minimum Gasteiger partial charge on any atom is -0.493 e. The minimum absolute atomic E-state index is 0.393. The Bertz CT molecular complexity index is 631. The molecule has 1 atom stereocenters. The lowest BCUT2D eigenvalue weighted by Gasteiger charge is -2.18. The van der Waals surface area contributed by atoms with E-state index < -0.39 is 0 Å². The van der Waals surface area contributed by atoms with Gasteiger partial charge < -0.3 is 14.8 Å². The first-order valence-corrected chi connectivity index (χ1v) is 8.78. The number of benzene rings is 2. The van der Waals surface area contributed by atoms with Gasteiger partial charge in [0.1, 0.15) is 0 Å². The molecule has 24 heavy (non-hydrogen) atoms. The van der Waals surface area contributed by atoms with E-state index >= 15 is 0 Å². The van der Waals surface area contributed by atoms with E-state index in [1.807, 2.05) is 19.1 Å². The van der Waals surface area contributed by atoms with Gasteiger partial charge in [-0.25, -0.2) is 0 Å². The van der Waals surface area contributed by atoms with Crippen LogP contribution in [-0.2, 0) is 13.0 Å². The molecule has 0 saturated heterocycles. The number of rotatable bonds is 9. The van der Waals surface area contributed by atoms with Gasteiger partial charge in [0.05, 0.1) is 13.7 Å². The van der Waals surface area contributed by atoms with Crippen LogP contribution in [0.15, 0.2) is 42.5 Å². The summed E-state index contributed by atoms with van der Waals surface area (Å²) in [6.07, 6.45) is 2.14. The average Bonchev–Trinajstić information content (AvgIpc) is 2.60. The Balaban J connectivity index is 1.96. The Kier molecular flexibility index (Phi) is 7.41. The molecule has 0 spiro atoms. The van der Waals surface area contributed by atoms with Gasteiger partial charge in [-0.15, -0.1) is 0 Å². The monoisotopic (exact) mass is 347 g/mol. The molecule has 0 aromatic heterocycles. The SMILES string of the molecule is CCOc1c(CNC(C)CCc2ccccc2)cc(Cl)cc1OC. The predicted octanol–water partition coefficient (Wildman–Crippen LogP) is 4.86. The van der Waals surface area contributed by atoms with Crippen LogP contribution < -0.4 is 14.8 Å². The molecule has 2 aromatic rings. The van der Waals surface area contributed by atoms with Crippen molar-refractivity contribution in [2.24, 2.45) is 0 Å². The van der Waals surface area contributed by atoms with E-state index in [-0.39, 0.29) is 0 Å². The normalized spacial score (nSPS) is 12.0. The summed E-state index contributed by atoms with van der Waals surface area (Å²) < 4.78 is 11.1. The lowest BCUT2D eigenvalue weighted by atomic mass is 10.1. The van der Waals surface area contributed by atoms with Crippen LogP contribution in [0, 0.1) is 0 Å². The van der Waals surface area contributed by atoms with Crippen molar-refractivity contribution >= 4 is 11.6 Å². The van der Waals surface area contributed by atoms with Crippen LogP contribution in [0.4, 0.5) is 0 Å². The van der Waals surface area contributed by atoms with Crippen LogP contribution in [0.1, 0.15) is 31.4 Å². The highest BCUT2D eigenvalue weighted by atomic mass is 35.5. The van der Waals surface area contributed by atoms with Crippen LogP contribution in [0.25, 0.3) is 0 Å². The predicted molar refractivity (Wildman–Crippen MR) is 100 cm³/mol. The zero-order valence-electron chi connectivity index (χ0n) is 14.6. The Morgan fingerprint density at radius 3 is 2.58 bits per heavy atom. The number of halogens is 1. The molecule has 0 heterocycles. The van der Waals surface area contributed by atoms with Crippen molar-refractivity contribution in [3.63, 3.8) is 0 Å². The van der Waals surface area contributed by atoms with E-state index in [1.165, 1.54) is 5.56 Å². The summed E-state index contributed by atoms with van der Waals surface area (Å²) in [7, 11) is 1.63. The Morgan fingerprint density at radius 1 is 1.17 bits per heavy atom. The molecular formula is C20H26ClNO2. The highest BCUT2D eigenvalue weighted by molar-refractivity contribution is 6.30. The molecule has 3 nitrogen and oxygen atoms in total. The maximum Gasteiger partial charge on any atom is 0.165 e. The third kappa shape index (κ3) is 5.43. The second-order valence-corrected chi connectivity index (χ2v) is 6.27. The molecule has 0 amide bonds. The molecule has 130 valence electrons. The smallest absolute Gasteiger partial charge is 0.165 e. The third-order valence-corrected chi connectivity index (χ3v) is 4.17. The molecule has 1 unspecified atom stereocenters. The lowest BCUT2D eigenvalue weighted by molar-refractivity contribution is 0.306. The van der Waals surface area contributed by atoms with Crippen molar-refractivity contribution in [1.82, 2.24) is 5.32 Å². The summed E-state index contributed by atoms with van der Waals surface area (Å²) >= 11 is 6.19. The van der Waals surface area contributed by atoms with Gasteiger partial charge in [-0.2, -0.15) is 0 Å². The number of hydrogen-bond donors (Lipinski definition) is 1. The van der Waals surface area contributed by atoms with Crippen molar-refractivity contribution in [3.05, 3.63) is 58.6 Å². The maximum absolute atomic E-state index is 6.19. The summed E-state index contributed by atoms with van der Waals surface area (Å²) in [5.41, 5.74) is 2.39. The van der Waals surface area contributed by atoms with Crippen molar-refractivity contribution in [2.75, 3.05) is 13.7 Å². The molecule has 2 rings (SSSR count). The van der Waals surface area contributed by atoms with E-state index in [2.05, 4.69) is 36.5 Å². The minimum atomic E-state index is 0.393. The topological polar surface area (TPSA) is 30.5 Å². The molecule has 0 aliphatic heterocycles. The molecule has 2 aromatic carbocycles. The molecule has 0 aliphatic rings. The summed E-state index contributed by atoms with van der Waals surface area (Å²) in [6, 6.07) is 14.7. The van der Waals surface area contributed by atoms with Crippen molar-refractivity contribution in [2.45, 2.75) is 39.3 Å². The Morgan fingerprint density at radius 2 is 1.92 bits per heavy atom. The summed E-state index contributed by atoms with van der Waals surface area (Å²) in [6.45, 7) is 5.45. The highest BCUT2D eigenvalue weighted by Gasteiger charge is 2.13. The number of hydrogen-bond acceptors (Lipinski definition) is 3. The first kappa shape index (κ1) is 18.6. The van der Waals surface area contributed by atoms with Crippen LogP contribution in [0.3, 0.4) is 0 Å².